The van der Waals surface area contributed by atoms with Gasteiger partial charge in [0.2, 0.25) is 5.91 Å². The SMILES string of the molecule is CC(O)C1CCN(C(=O)/C=C/c2ccc(Br)o2)C1. The normalized spacial score (nSPS) is 21.7. The molecule has 1 aromatic heterocycles. The van der Waals surface area contributed by atoms with E-state index in [2.05, 4.69) is 15.9 Å². The zero-order chi connectivity index (χ0) is 13.1. The molecule has 1 aliphatic heterocycles. The van der Waals surface area contributed by atoms with Crippen LogP contribution in [0.4, 0.5) is 0 Å². The number of likely N-dealkylation sites (tertiary alicyclic amines) is 1. The lowest BCUT2D eigenvalue weighted by atomic mass is 10.0. The smallest absolute Gasteiger partial charge is 0.246 e. The molecular formula is C13H16BrNO3. The minimum absolute atomic E-state index is 0.0364. The van der Waals surface area contributed by atoms with Crippen LogP contribution in [0.2, 0.25) is 0 Å². The van der Waals surface area contributed by atoms with E-state index in [1.165, 1.54) is 6.08 Å². The van der Waals surface area contributed by atoms with Gasteiger partial charge in [0.05, 0.1) is 6.10 Å². The van der Waals surface area contributed by atoms with Gasteiger partial charge in [0.15, 0.2) is 4.67 Å². The van der Waals surface area contributed by atoms with E-state index in [9.17, 15) is 9.90 Å². The fourth-order valence-electron chi connectivity index (χ4n) is 2.06. The lowest BCUT2D eigenvalue weighted by molar-refractivity contribution is -0.125. The molecule has 98 valence electrons. The molecule has 0 saturated carbocycles. The molecule has 5 heteroatoms. The number of hydrogen-bond donors (Lipinski definition) is 1. The van der Waals surface area contributed by atoms with Gasteiger partial charge < -0.3 is 14.4 Å². The highest BCUT2D eigenvalue weighted by atomic mass is 79.9. The van der Waals surface area contributed by atoms with Crippen LogP contribution < -0.4 is 0 Å². The molecule has 0 aliphatic carbocycles. The number of aliphatic hydroxyl groups excluding tert-OH is 1. The predicted octanol–water partition coefficient (Wildman–Crippen LogP) is 2.28. The first kappa shape index (κ1) is 13.4. The van der Waals surface area contributed by atoms with Crippen molar-refractivity contribution in [3.8, 4) is 0 Å². The Hall–Kier alpha value is -1.07. The largest absolute Gasteiger partial charge is 0.450 e. The lowest BCUT2D eigenvalue weighted by Crippen LogP contribution is -2.28. The van der Waals surface area contributed by atoms with Crippen molar-refractivity contribution in [1.82, 2.24) is 4.90 Å². The van der Waals surface area contributed by atoms with Crippen molar-refractivity contribution in [2.24, 2.45) is 5.92 Å². The number of halogens is 1. The van der Waals surface area contributed by atoms with Crippen molar-refractivity contribution in [2.45, 2.75) is 19.4 Å². The summed E-state index contributed by atoms with van der Waals surface area (Å²) >= 11 is 3.21. The van der Waals surface area contributed by atoms with E-state index in [1.54, 1.807) is 30.0 Å². The molecule has 1 amide bonds. The number of furan rings is 1. The van der Waals surface area contributed by atoms with Crippen molar-refractivity contribution < 1.29 is 14.3 Å². The van der Waals surface area contributed by atoms with Gasteiger partial charge in [0.25, 0.3) is 0 Å². The molecule has 1 aromatic rings. The number of carbonyl (C=O) groups is 1. The van der Waals surface area contributed by atoms with Crippen LogP contribution in [0.1, 0.15) is 19.1 Å². The van der Waals surface area contributed by atoms with E-state index >= 15 is 0 Å². The van der Waals surface area contributed by atoms with Gasteiger partial charge >= 0.3 is 0 Å². The second-order valence-corrected chi connectivity index (χ2v) is 5.33. The molecule has 1 fully saturated rings. The van der Waals surface area contributed by atoms with Crippen LogP contribution in [0.15, 0.2) is 27.3 Å². The summed E-state index contributed by atoms with van der Waals surface area (Å²) in [6.45, 7) is 3.11. The molecule has 4 nitrogen and oxygen atoms in total. The highest BCUT2D eigenvalue weighted by molar-refractivity contribution is 9.10. The van der Waals surface area contributed by atoms with E-state index in [4.69, 9.17) is 4.42 Å². The Balaban J connectivity index is 1.91. The second kappa shape index (κ2) is 5.71. The fourth-order valence-corrected chi connectivity index (χ4v) is 2.38. The van der Waals surface area contributed by atoms with E-state index < -0.39 is 0 Å². The first-order chi connectivity index (χ1) is 8.56. The molecule has 1 aliphatic rings. The molecule has 2 heterocycles. The number of nitrogens with zero attached hydrogens (tertiary/aromatic N) is 1. The highest BCUT2D eigenvalue weighted by Gasteiger charge is 2.27. The zero-order valence-corrected chi connectivity index (χ0v) is 11.8. The van der Waals surface area contributed by atoms with Crippen LogP contribution >= 0.6 is 15.9 Å². The van der Waals surface area contributed by atoms with Gasteiger partial charge in [-0.05, 0) is 47.5 Å². The van der Waals surface area contributed by atoms with Crippen LogP contribution in [0, 0.1) is 5.92 Å². The highest BCUT2D eigenvalue weighted by Crippen LogP contribution is 2.20. The molecule has 0 radical (unpaired) electrons. The van der Waals surface area contributed by atoms with Gasteiger partial charge in [-0.3, -0.25) is 4.79 Å². The number of aliphatic hydroxyl groups is 1. The number of hydrogen-bond acceptors (Lipinski definition) is 3. The molecular weight excluding hydrogens is 298 g/mol. The van der Waals surface area contributed by atoms with Crippen molar-refractivity contribution in [2.75, 3.05) is 13.1 Å². The van der Waals surface area contributed by atoms with E-state index in [-0.39, 0.29) is 17.9 Å². The molecule has 2 rings (SSSR count). The average Bonchev–Trinajstić information content (AvgIpc) is 2.94. The number of carbonyl (C=O) groups excluding carboxylic acids is 1. The summed E-state index contributed by atoms with van der Waals surface area (Å²) in [5.41, 5.74) is 0. The maximum Gasteiger partial charge on any atom is 0.246 e. The molecule has 0 aromatic carbocycles. The minimum atomic E-state index is -0.354. The van der Waals surface area contributed by atoms with Crippen molar-refractivity contribution in [1.29, 1.82) is 0 Å². The summed E-state index contributed by atoms with van der Waals surface area (Å²) in [6, 6.07) is 3.57. The van der Waals surface area contributed by atoms with Crippen LogP contribution in [0.25, 0.3) is 6.08 Å². The Kier molecular flexibility index (Phi) is 4.24. The summed E-state index contributed by atoms with van der Waals surface area (Å²) in [5, 5.41) is 9.49. The Bertz CT molecular complexity index is 453. The predicted molar refractivity (Wildman–Crippen MR) is 71.8 cm³/mol. The first-order valence-electron chi connectivity index (χ1n) is 5.96. The number of rotatable bonds is 3. The average molecular weight is 314 g/mol. The third-order valence-electron chi connectivity index (χ3n) is 3.20. The quantitative estimate of drug-likeness (QED) is 0.871. The van der Waals surface area contributed by atoms with Crippen LogP contribution in [-0.2, 0) is 4.79 Å². The maximum atomic E-state index is 11.9. The van der Waals surface area contributed by atoms with Crippen LogP contribution in [-0.4, -0.2) is 35.1 Å². The van der Waals surface area contributed by atoms with E-state index in [1.807, 2.05) is 0 Å². The van der Waals surface area contributed by atoms with Crippen molar-refractivity contribution >= 4 is 27.9 Å². The molecule has 2 atom stereocenters. The lowest BCUT2D eigenvalue weighted by Gasteiger charge is -2.15. The number of amides is 1. The Morgan fingerprint density at radius 2 is 2.44 bits per heavy atom. The fraction of sp³-hybridized carbons (Fsp3) is 0.462. The Morgan fingerprint density at radius 1 is 1.67 bits per heavy atom. The monoisotopic (exact) mass is 313 g/mol. The molecule has 18 heavy (non-hydrogen) atoms. The topological polar surface area (TPSA) is 53.7 Å². The maximum absolute atomic E-state index is 11.9. The van der Waals surface area contributed by atoms with E-state index in [0.29, 0.717) is 23.5 Å². The standard InChI is InChI=1S/C13H16BrNO3/c1-9(16)10-6-7-15(8-10)13(17)5-3-11-2-4-12(14)18-11/h2-5,9-10,16H,6-8H2,1H3/b5-3+. The summed E-state index contributed by atoms with van der Waals surface area (Å²) in [4.78, 5) is 13.7. The molecule has 2 unspecified atom stereocenters. The third kappa shape index (κ3) is 3.23. The molecule has 0 spiro atoms. The third-order valence-corrected chi connectivity index (χ3v) is 3.63. The van der Waals surface area contributed by atoms with Gasteiger partial charge in [-0.2, -0.15) is 0 Å². The van der Waals surface area contributed by atoms with Crippen molar-refractivity contribution in [3.05, 3.63) is 28.6 Å². The van der Waals surface area contributed by atoms with Gasteiger partial charge in [-0.1, -0.05) is 0 Å². The zero-order valence-electron chi connectivity index (χ0n) is 10.2. The summed E-state index contributed by atoms with van der Waals surface area (Å²) < 4.78 is 5.92. The van der Waals surface area contributed by atoms with Gasteiger partial charge in [0.1, 0.15) is 5.76 Å². The van der Waals surface area contributed by atoms with E-state index in [0.717, 1.165) is 6.42 Å². The Morgan fingerprint density at radius 3 is 3.00 bits per heavy atom. The summed E-state index contributed by atoms with van der Waals surface area (Å²) in [5.74, 6) is 0.798. The molecule has 0 bridgehead atoms. The van der Waals surface area contributed by atoms with Crippen LogP contribution in [0.3, 0.4) is 0 Å². The van der Waals surface area contributed by atoms with Gasteiger partial charge in [0, 0.05) is 25.1 Å². The summed E-state index contributed by atoms with van der Waals surface area (Å²) in [7, 11) is 0. The van der Waals surface area contributed by atoms with Crippen LogP contribution in [0.5, 0.6) is 0 Å². The first-order valence-corrected chi connectivity index (χ1v) is 6.76. The minimum Gasteiger partial charge on any atom is -0.450 e. The van der Waals surface area contributed by atoms with Crippen molar-refractivity contribution in [3.63, 3.8) is 0 Å². The van der Waals surface area contributed by atoms with Gasteiger partial charge in [-0.25, -0.2) is 0 Å². The molecule has 1 N–H and O–H groups in total. The second-order valence-electron chi connectivity index (χ2n) is 4.55. The Labute approximate surface area is 114 Å². The molecule has 1 saturated heterocycles. The summed E-state index contributed by atoms with van der Waals surface area (Å²) in [6.07, 6.45) is 3.68. The van der Waals surface area contributed by atoms with Gasteiger partial charge in [-0.15, -0.1) is 0 Å².